The Morgan fingerprint density at radius 3 is 2.78 bits per heavy atom. The molecule has 1 aliphatic heterocycles. The van der Waals surface area contributed by atoms with E-state index in [4.69, 9.17) is 5.73 Å². The molecule has 0 saturated carbocycles. The van der Waals surface area contributed by atoms with Crippen LogP contribution in [0.1, 0.15) is 26.2 Å². The van der Waals surface area contributed by atoms with Gasteiger partial charge < -0.3 is 16.0 Å². The highest BCUT2D eigenvalue weighted by molar-refractivity contribution is 5.84. The summed E-state index contributed by atoms with van der Waals surface area (Å²) in [4.78, 5) is 18.3. The lowest BCUT2D eigenvalue weighted by Crippen LogP contribution is -2.44. The molecule has 1 aliphatic rings. The molecule has 5 heteroatoms. The quantitative estimate of drug-likeness (QED) is 0.850. The van der Waals surface area contributed by atoms with Crippen molar-refractivity contribution in [1.82, 2.24) is 9.88 Å². The summed E-state index contributed by atoms with van der Waals surface area (Å²) in [5.41, 5.74) is 5.61. The maximum atomic E-state index is 12.2. The first kappa shape index (κ1) is 12.7. The minimum atomic E-state index is -0.266. The summed E-state index contributed by atoms with van der Waals surface area (Å²) in [6, 6.07) is 5.10. The molecule has 0 radical (unpaired) electrons. The van der Waals surface area contributed by atoms with Crippen molar-refractivity contribution in [2.75, 3.05) is 24.1 Å². The van der Waals surface area contributed by atoms with Crippen LogP contribution in [0.25, 0.3) is 0 Å². The van der Waals surface area contributed by atoms with Gasteiger partial charge in [0.1, 0.15) is 17.7 Å². The molecule has 0 aromatic carbocycles. The van der Waals surface area contributed by atoms with Crippen molar-refractivity contribution >= 4 is 17.5 Å². The van der Waals surface area contributed by atoms with Gasteiger partial charge in [0.15, 0.2) is 0 Å². The molecule has 98 valence electrons. The fourth-order valence-corrected chi connectivity index (χ4v) is 2.20. The van der Waals surface area contributed by atoms with Gasteiger partial charge in [-0.15, -0.1) is 0 Å². The number of likely N-dealkylation sites (tertiary alicyclic amines) is 1. The Kier molecular flexibility index (Phi) is 4.02. The van der Waals surface area contributed by atoms with Crippen LogP contribution < -0.4 is 11.1 Å². The number of piperidine rings is 1. The largest absolute Gasteiger partial charge is 0.384 e. The van der Waals surface area contributed by atoms with Crippen molar-refractivity contribution in [3.63, 3.8) is 0 Å². The van der Waals surface area contributed by atoms with Gasteiger partial charge in [-0.3, -0.25) is 4.79 Å². The van der Waals surface area contributed by atoms with E-state index in [9.17, 15) is 4.79 Å². The average Bonchev–Trinajstić information content (AvgIpc) is 2.39. The summed E-state index contributed by atoms with van der Waals surface area (Å²) in [6.45, 7) is 3.60. The Bertz CT molecular complexity index is 415. The highest BCUT2D eigenvalue weighted by Gasteiger charge is 2.22. The van der Waals surface area contributed by atoms with Crippen LogP contribution in [0.5, 0.6) is 0 Å². The Balaban J connectivity index is 1.94. The van der Waals surface area contributed by atoms with Gasteiger partial charge in [0.25, 0.3) is 0 Å². The lowest BCUT2D eigenvalue weighted by atomic mass is 10.1. The number of nitrogen functional groups attached to an aromatic ring is 1. The highest BCUT2D eigenvalue weighted by atomic mass is 16.2. The summed E-state index contributed by atoms with van der Waals surface area (Å²) < 4.78 is 0. The molecular weight excluding hydrogens is 228 g/mol. The number of carbonyl (C=O) groups is 1. The highest BCUT2D eigenvalue weighted by Crippen LogP contribution is 2.12. The van der Waals surface area contributed by atoms with E-state index in [2.05, 4.69) is 10.3 Å². The zero-order chi connectivity index (χ0) is 13.0. The van der Waals surface area contributed by atoms with E-state index < -0.39 is 0 Å². The lowest BCUT2D eigenvalue weighted by molar-refractivity contribution is -0.132. The number of nitrogens with one attached hydrogen (secondary N) is 1. The van der Waals surface area contributed by atoms with Crippen LogP contribution in [0, 0.1) is 0 Å². The minimum Gasteiger partial charge on any atom is -0.384 e. The van der Waals surface area contributed by atoms with E-state index in [-0.39, 0.29) is 11.9 Å². The topological polar surface area (TPSA) is 71.2 Å². The van der Waals surface area contributed by atoms with Crippen LogP contribution in [0.15, 0.2) is 18.2 Å². The molecule has 1 fully saturated rings. The average molecular weight is 248 g/mol. The van der Waals surface area contributed by atoms with Gasteiger partial charge in [-0.05, 0) is 38.3 Å². The number of pyridine rings is 1. The van der Waals surface area contributed by atoms with Crippen molar-refractivity contribution in [1.29, 1.82) is 0 Å². The predicted octanol–water partition coefficient (Wildman–Crippen LogP) is 1.48. The summed E-state index contributed by atoms with van der Waals surface area (Å²) in [5, 5.41) is 3.10. The summed E-state index contributed by atoms with van der Waals surface area (Å²) in [7, 11) is 0. The lowest BCUT2D eigenvalue weighted by Gasteiger charge is -2.29. The number of anilines is 2. The van der Waals surface area contributed by atoms with Crippen molar-refractivity contribution in [2.24, 2.45) is 0 Å². The third-order valence-corrected chi connectivity index (χ3v) is 3.17. The zero-order valence-corrected chi connectivity index (χ0v) is 10.7. The number of rotatable bonds is 3. The summed E-state index contributed by atoms with van der Waals surface area (Å²) >= 11 is 0. The smallest absolute Gasteiger partial charge is 0.244 e. The molecule has 1 aromatic heterocycles. The van der Waals surface area contributed by atoms with Crippen LogP contribution in [0.2, 0.25) is 0 Å². The third-order valence-electron chi connectivity index (χ3n) is 3.17. The molecule has 0 bridgehead atoms. The van der Waals surface area contributed by atoms with E-state index in [1.165, 1.54) is 6.42 Å². The van der Waals surface area contributed by atoms with Gasteiger partial charge in [0.05, 0.1) is 0 Å². The molecule has 1 saturated heterocycles. The van der Waals surface area contributed by atoms with E-state index >= 15 is 0 Å². The number of nitrogens with zero attached hydrogens (tertiary/aromatic N) is 2. The van der Waals surface area contributed by atoms with Crippen molar-refractivity contribution in [3.8, 4) is 0 Å². The maximum Gasteiger partial charge on any atom is 0.244 e. The fourth-order valence-electron chi connectivity index (χ4n) is 2.20. The number of aromatic nitrogens is 1. The van der Waals surface area contributed by atoms with Crippen molar-refractivity contribution < 1.29 is 4.79 Å². The molecule has 1 aromatic rings. The maximum absolute atomic E-state index is 12.2. The first-order valence-corrected chi connectivity index (χ1v) is 6.44. The van der Waals surface area contributed by atoms with Gasteiger partial charge in [-0.2, -0.15) is 0 Å². The molecule has 0 aliphatic carbocycles. The molecule has 3 N–H and O–H groups in total. The number of carbonyl (C=O) groups excluding carboxylic acids is 1. The van der Waals surface area contributed by atoms with Crippen molar-refractivity contribution in [3.05, 3.63) is 18.2 Å². The first-order valence-electron chi connectivity index (χ1n) is 6.44. The first-order chi connectivity index (χ1) is 8.66. The van der Waals surface area contributed by atoms with E-state index in [0.717, 1.165) is 25.9 Å². The second-order valence-electron chi connectivity index (χ2n) is 4.70. The van der Waals surface area contributed by atoms with Crippen LogP contribution in [-0.4, -0.2) is 34.9 Å². The molecule has 2 heterocycles. The molecule has 1 amide bonds. The monoisotopic (exact) mass is 248 g/mol. The Hall–Kier alpha value is -1.78. The summed E-state index contributed by atoms with van der Waals surface area (Å²) in [6.07, 6.45) is 3.44. The molecule has 1 atom stereocenters. The number of hydrogen-bond donors (Lipinski definition) is 2. The predicted molar refractivity (Wildman–Crippen MR) is 72.2 cm³/mol. The minimum absolute atomic E-state index is 0.138. The van der Waals surface area contributed by atoms with Crippen molar-refractivity contribution in [2.45, 2.75) is 32.2 Å². The normalized spacial score (nSPS) is 17.3. The number of amides is 1. The zero-order valence-electron chi connectivity index (χ0n) is 10.7. The van der Waals surface area contributed by atoms with Gasteiger partial charge in [-0.25, -0.2) is 4.98 Å². The second kappa shape index (κ2) is 5.71. The SMILES string of the molecule is CC(Nc1cccc(N)n1)C(=O)N1CCCCC1. The molecule has 18 heavy (non-hydrogen) atoms. The van der Waals surface area contributed by atoms with Crippen LogP contribution in [0.4, 0.5) is 11.6 Å². The molecule has 2 rings (SSSR count). The molecule has 0 spiro atoms. The second-order valence-corrected chi connectivity index (χ2v) is 4.70. The third kappa shape index (κ3) is 3.12. The number of nitrogens with two attached hydrogens (primary N) is 1. The standard InChI is InChI=1S/C13H20N4O/c1-10(13(18)17-8-3-2-4-9-17)15-12-7-5-6-11(14)16-12/h5-7,10H,2-4,8-9H2,1H3,(H3,14,15,16). The fraction of sp³-hybridized carbons (Fsp3) is 0.538. The van der Waals surface area contributed by atoms with Gasteiger partial charge >= 0.3 is 0 Å². The van der Waals surface area contributed by atoms with E-state index in [1.54, 1.807) is 6.07 Å². The summed E-state index contributed by atoms with van der Waals surface area (Å²) in [5.74, 6) is 1.24. The molecule has 5 nitrogen and oxygen atoms in total. The van der Waals surface area contributed by atoms with E-state index in [0.29, 0.717) is 11.6 Å². The Morgan fingerprint density at radius 1 is 1.39 bits per heavy atom. The molecular formula is C13H20N4O. The van der Waals surface area contributed by atoms with Crippen LogP contribution in [-0.2, 0) is 4.79 Å². The van der Waals surface area contributed by atoms with Crippen LogP contribution >= 0.6 is 0 Å². The Labute approximate surface area is 107 Å². The van der Waals surface area contributed by atoms with Gasteiger partial charge in [0, 0.05) is 13.1 Å². The van der Waals surface area contributed by atoms with Gasteiger partial charge in [-0.1, -0.05) is 6.07 Å². The van der Waals surface area contributed by atoms with Gasteiger partial charge in [0.2, 0.25) is 5.91 Å². The van der Waals surface area contributed by atoms with Crippen LogP contribution in [0.3, 0.4) is 0 Å². The molecule has 1 unspecified atom stereocenters. The number of hydrogen-bond acceptors (Lipinski definition) is 4. The van der Waals surface area contributed by atoms with E-state index in [1.807, 2.05) is 24.0 Å². The Morgan fingerprint density at radius 2 is 2.11 bits per heavy atom.